The van der Waals surface area contributed by atoms with E-state index in [0.717, 1.165) is 24.2 Å². The Hall–Kier alpha value is -1.80. The Morgan fingerprint density at radius 3 is 2.68 bits per heavy atom. The quantitative estimate of drug-likeness (QED) is 0.796. The van der Waals surface area contributed by atoms with Crippen LogP contribution in [0.2, 0.25) is 0 Å². The number of anilines is 2. The zero-order valence-corrected chi connectivity index (χ0v) is 12.9. The minimum atomic E-state index is -2.82. The molecule has 2 aliphatic heterocycles. The Bertz CT molecular complexity index is 797. The standard InChI is InChI=1S/C14H18N4O3S/c15-10-1-2-13-12(7-10)16-14(21-13)18-8-11(9-18)17-3-5-22(19,20)6-4-17/h1-2,7,11H,3-6,8-9,15H2. The molecule has 2 N–H and O–H groups in total. The van der Waals surface area contributed by atoms with Crippen LogP contribution in [0.4, 0.5) is 11.7 Å². The van der Waals surface area contributed by atoms with Gasteiger partial charge in [0.05, 0.1) is 11.5 Å². The smallest absolute Gasteiger partial charge is 0.298 e. The Morgan fingerprint density at radius 1 is 1.23 bits per heavy atom. The van der Waals surface area contributed by atoms with Crippen molar-refractivity contribution in [3.63, 3.8) is 0 Å². The van der Waals surface area contributed by atoms with Crippen molar-refractivity contribution in [1.82, 2.24) is 9.88 Å². The number of sulfone groups is 1. The van der Waals surface area contributed by atoms with E-state index < -0.39 is 9.84 Å². The van der Waals surface area contributed by atoms with Gasteiger partial charge in [-0.1, -0.05) is 0 Å². The van der Waals surface area contributed by atoms with E-state index >= 15 is 0 Å². The molecule has 0 unspecified atom stereocenters. The Morgan fingerprint density at radius 2 is 1.95 bits per heavy atom. The highest BCUT2D eigenvalue weighted by molar-refractivity contribution is 7.91. The SMILES string of the molecule is Nc1ccc2oc(N3CC(N4CCS(=O)(=O)CC4)C3)nc2c1. The summed E-state index contributed by atoms with van der Waals surface area (Å²) in [5, 5.41) is 0. The Labute approximate surface area is 128 Å². The van der Waals surface area contributed by atoms with Crippen molar-refractivity contribution in [2.45, 2.75) is 6.04 Å². The van der Waals surface area contributed by atoms with E-state index in [1.807, 2.05) is 6.07 Å². The monoisotopic (exact) mass is 322 g/mol. The summed E-state index contributed by atoms with van der Waals surface area (Å²) in [7, 11) is -2.82. The molecule has 0 bridgehead atoms. The molecule has 0 amide bonds. The van der Waals surface area contributed by atoms with Gasteiger partial charge in [-0.3, -0.25) is 4.90 Å². The number of nitrogens with zero attached hydrogens (tertiary/aromatic N) is 3. The Balaban J connectivity index is 1.42. The maximum atomic E-state index is 11.5. The van der Waals surface area contributed by atoms with Crippen molar-refractivity contribution < 1.29 is 12.8 Å². The van der Waals surface area contributed by atoms with Gasteiger partial charge in [0.1, 0.15) is 5.52 Å². The number of benzene rings is 1. The minimum absolute atomic E-state index is 0.270. The molecule has 2 aliphatic rings. The normalized spacial score (nSPS) is 22.8. The van der Waals surface area contributed by atoms with Gasteiger partial charge in [-0.15, -0.1) is 0 Å². The number of nitrogen functional groups attached to an aromatic ring is 1. The molecule has 4 rings (SSSR count). The highest BCUT2D eigenvalue weighted by atomic mass is 32.2. The van der Waals surface area contributed by atoms with Crippen molar-refractivity contribution in [2.75, 3.05) is 48.3 Å². The summed E-state index contributed by atoms with van der Waals surface area (Å²) >= 11 is 0. The van der Waals surface area contributed by atoms with E-state index in [-0.39, 0.29) is 11.5 Å². The number of oxazole rings is 1. The maximum absolute atomic E-state index is 11.5. The van der Waals surface area contributed by atoms with Gasteiger partial charge in [0.15, 0.2) is 15.4 Å². The van der Waals surface area contributed by atoms with Gasteiger partial charge in [-0.25, -0.2) is 8.42 Å². The van der Waals surface area contributed by atoms with Crippen LogP contribution >= 0.6 is 0 Å². The second-order valence-electron chi connectivity index (χ2n) is 5.97. The molecule has 2 fully saturated rings. The van der Waals surface area contributed by atoms with Crippen LogP contribution in [0.5, 0.6) is 0 Å². The van der Waals surface area contributed by atoms with E-state index in [1.165, 1.54) is 0 Å². The largest absolute Gasteiger partial charge is 0.423 e. The number of aromatic nitrogens is 1. The lowest BCUT2D eigenvalue weighted by atomic mass is 10.1. The first-order chi connectivity index (χ1) is 10.5. The molecule has 22 heavy (non-hydrogen) atoms. The zero-order valence-electron chi connectivity index (χ0n) is 12.1. The van der Waals surface area contributed by atoms with E-state index in [0.29, 0.717) is 30.8 Å². The lowest BCUT2D eigenvalue weighted by molar-refractivity contribution is 0.175. The third-order valence-electron chi connectivity index (χ3n) is 4.43. The molecular formula is C14H18N4O3S. The minimum Gasteiger partial charge on any atom is -0.423 e. The number of hydrogen-bond donors (Lipinski definition) is 1. The van der Waals surface area contributed by atoms with Gasteiger partial charge in [-0.05, 0) is 18.2 Å². The fraction of sp³-hybridized carbons (Fsp3) is 0.500. The van der Waals surface area contributed by atoms with Crippen molar-refractivity contribution >= 4 is 32.6 Å². The van der Waals surface area contributed by atoms with E-state index in [4.69, 9.17) is 10.2 Å². The molecular weight excluding hydrogens is 304 g/mol. The van der Waals surface area contributed by atoms with Crippen LogP contribution in [0, 0.1) is 0 Å². The van der Waals surface area contributed by atoms with Crippen LogP contribution in [0.25, 0.3) is 11.1 Å². The van der Waals surface area contributed by atoms with Crippen molar-refractivity contribution in [2.24, 2.45) is 0 Å². The van der Waals surface area contributed by atoms with Gasteiger partial charge < -0.3 is 15.1 Å². The number of nitrogens with two attached hydrogens (primary N) is 1. The Kier molecular flexibility index (Phi) is 3.05. The third kappa shape index (κ3) is 2.42. The molecule has 1 aromatic heterocycles. The van der Waals surface area contributed by atoms with Crippen LogP contribution in [0.3, 0.4) is 0 Å². The molecule has 2 saturated heterocycles. The molecule has 2 aromatic rings. The molecule has 118 valence electrons. The van der Waals surface area contributed by atoms with Crippen LogP contribution < -0.4 is 10.6 Å². The first-order valence-electron chi connectivity index (χ1n) is 7.36. The highest BCUT2D eigenvalue weighted by Gasteiger charge is 2.36. The fourth-order valence-corrected chi connectivity index (χ4v) is 4.23. The van der Waals surface area contributed by atoms with Crippen LogP contribution in [0.15, 0.2) is 22.6 Å². The predicted molar refractivity (Wildman–Crippen MR) is 84.6 cm³/mol. The van der Waals surface area contributed by atoms with Crippen molar-refractivity contribution in [1.29, 1.82) is 0 Å². The lowest BCUT2D eigenvalue weighted by Gasteiger charge is -2.45. The van der Waals surface area contributed by atoms with Crippen molar-refractivity contribution in [3.05, 3.63) is 18.2 Å². The van der Waals surface area contributed by atoms with E-state index in [1.54, 1.807) is 12.1 Å². The zero-order chi connectivity index (χ0) is 15.3. The first kappa shape index (κ1) is 13.8. The molecule has 1 aromatic carbocycles. The average Bonchev–Trinajstić information content (AvgIpc) is 2.81. The molecule has 0 radical (unpaired) electrons. The van der Waals surface area contributed by atoms with Crippen LogP contribution in [0.1, 0.15) is 0 Å². The summed E-state index contributed by atoms with van der Waals surface area (Å²) in [6, 6.07) is 6.42. The van der Waals surface area contributed by atoms with Gasteiger partial charge in [0, 0.05) is 37.9 Å². The summed E-state index contributed by atoms with van der Waals surface area (Å²) in [6.07, 6.45) is 0. The predicted octanol–water partition coefficient (Wildman–Crippen LogP) is 0.329. The summed E-state index contributed by atoms with van der Waals surface area (Å²) in [5.41, 5.74) is 7.92. The maximum Gasteiger partial charge on any atom is 0.298 e. The van der Waals surface area contributed by atoms with Crippen molar-refractivity contribution in [3.8, 4) is 0 Å². The number of rotatable bonds is 2. The van der Waals surface area contributed by atoms with Gasteiger partial charge >= 0.3 is 0 Å². The highest BCUT2D eigenvalue weighted by Crippen LogP contribution is 2.28. The molecule has 8 heteroatoms. The molecule has 0 aliphatic carbocycles. The fourth-order valence-electron chi connectivity index (χ4n) is 3.00. The average molecular weight is 322 g/mol. The second kappa shape index (κ2) is 4.85. The second-order valence-corrected chi connectivity index (χ2v) is 8.27. The van der Waals surface area contributed by atoms with Gasteiger partial charge in [0.2, 0.25) is 0 Å². The topological polar surface area (TPSA) is 92.7 Å². The lowest BCUT2D eigenvalue weighted by Crippen LogP contribution is -2.62. The summed E-state index contributed by atoms with van der Waals surface area (Å²) in [6.45, 7) is 2.90. The number of fused-ring (bicyclic) bond motifs is 1. The van der Waals surface area contributed by atoms with Gasteiger partial charge in [0.25, 0.3) is 6.01 Å². The van der Waals surface area contributed by atoms with Crippen LogP contribution in [-0.2, 0) is 9.84 Å². The summed E-state index contributed by atoms with van der Waals surface area (Å²) < 4.78 is 28.7. The van der Waals surface area contributed by atoms with Crippen LogP contribution in [-0.4, -0.2) is 62.0 Å². The molecule has 0 spiro atoms. The van der Waals surface area contributed by atoms with E-state index in [9.17, 15) is 8.42 Å². The summed E-state index contributed by atoms with van der Waals surface area (Å²) in [4.78, 5) is 8.78. The first-order valence-corrected chi connectivity index (χ1v) is 9.18. The van der Waals surface area contributed by atoms with Gasteiger partial charge in [-0.2, -0.15) is 4.98 Å². The summed E-state index contributed by atoms with van der Waals surface area (Å²) in [5.74, 6) is 0.539. The molecule has 0 saturated carbocycles. The molecule has 3 heterocycles. The molecule has 0 atom stereocenters. The third-order valence-corrected chi connectivity index (χ3v) is 6.04. The molecule has 7 nitrogen and oxygen atoms in total. The number of hydrogen-bond acceptors (Lipinski definition) is 7. The van der Waals surface area contributed by atoms with E-state index in [2.05, 4.69) is 14.8 Å².